The minimum Gasteiger partial charge on any atom is -0.495 e. The Morgan fingerprint density at radius 3 is 2.18 bits per heavy atom. The van der Waals surface area contributed by atoms with Crippen molar-refractivity contribution in [3.05, 3.63) is 66.3 Å². The number of benzene rings is 1. The van der Waals surface area contributed by atoms with Gasteiger partial charge in [0, 0.05) is 30.1 Å². The molecule has 0 saturated carbocycles. The van der Waals surface area contributed by atoms with E-state index in [-0.39, 0.29) is 5.82 Å². The number of aryl methyl sites for hydroxylation is 1. The molecule has 0 N–H and O–H groups in total. The third-order valence-corrected chi connectivity index (χ3v) is 8.57. The standard InChI is InChI=1S/C26H30N6O5S/c1-16-11-28-25(29-12-16)17(2)18(3)38(33,34)15-23-30-31-26(19-10-20(35-4)14-27-13-19)32(23)24-21(36-5)8-7-9-22(24)37-6/h7-14,17-18H,15H2,1-6H3/t17-,18-/m0/s1. The summed E-state index contributed by atoms with van der Waals surface area (Å²) in [5.41, 5.74) is 1.94. The fraction of sp³-hybridized carbons (Fsp3) is 0.346. The van der Waals surface area contributed by atoms with Crippen molar-refractivity contribution in [2.75, 3.05) is 21.3 Å². The molecule has 0 aliphatic carbocycles. The maximum Gasteiger partial charge on any atom is 0.170 e. The van der Waals surface area contributed by atoms with E-state index in [4.69, 9.17) is 14.2 Å². The van der Waals surface area contributed by atoms with Crippen molar-refractivity contribution in [2.24, 2.45) is 0 Å². The first kappa shape index (κ1) is 27.0. The van der Waals surface area contributed by atoms with Crippen LogP contribution in [0.1, 0.15) is 37.0 Å². The molecule has 3 heterocycles. The average Bonchev–Trinajstić information content (AvgIpc) is 3.34. The predicted molar refractivity (Wildman–Crippen MR) is 142 cm³/mol. The van der Waals surface area contributed by atoms with Gasteiger partial charge in [-0.05, 0) is 37.6 Å². The molecule has 0 fully saturated rings. The van der Waals surface area contributed by atoms with Crippen molar-refractivity contribution in [1.29, 1.82) is 0 Å². The van der Waals surface area contributed by atoms with Crippen molar-refractivity contribution in [2.45, 2.75) is 37.7 Å². The van der Waals surface area contributed by atoms with E-state index in [0.29, 0.717) is 40.1 Å². The Labute approximate surface area is 221 Å². The second-order valence-electron chi connectivity index (χ2n) is 8.82. The Hall–Kier alpha value is -4.06. The summed E-state index contributed by atoms with van der Waals surface area (Å²) in [5.74, 6) is 1.59. The average molecular weight is 539 g/mol. The Balaban J connectivity index is 1.84. The highest BCUT2D eigenvalue weighted by molar-refractivity contribution is 7.91. The second kappa shape index (κ2) is 11.1. The predicted octanol–water partition coefficient (Wildman–Crippen LogP) is 3.56. The lowest BCUT2D eigenvalue weighted by molar-refractivity contribution is 0.390. The molecular formula is C26H30N6O5S. The third-order valence-electron chi connectivity index (χ3n) is 6.37. The number of hydrogen-bond donors (Lipinski definition) is 0. The van der Waals surface area contributed by atoms with Gasteiger partial charge in [0.15, 0.2) is 21.5 Å². The van der Waals surface area contributed by atoms with Gasteiger partial charge in [-0.25, -0.2) is 18.4 Å². The summed E-state index contributed by atoms with van der Waals surface area (Å²) in [5, 5.41) is 7.88. The maximum absolute atomic E-state index is 13.7. The maximum atomic E-state index is 13.7. The zero-order valence-corrected chi connectivity index (χ0v) is 22.9. The molecule has 0 aliphatic heterocycles. The topological polar surface area (TPSA) is 131 Å². The van der Waals surface area contributed by atoms with Crippen LogP contribution in [0.2, 0.25) is 0 Å². The molecule has 0 bridgehead atoms. The van der Waals surface area contributed by atoms with Gasteiger partial charge < -0.3 is 14.2 Å². The number of para-hydroxylation sites is 1. The van der Waals surface area contributed by atoms with E-state index >= 15 is 0 Å². The first-order valence-electron chi connectivity index (χ1n) is 11.8. The van der Waals surface area contributed by atoms with Crippen LogP contribution in [0.15, 0.2) is 49.1 Å². The first-order valence-corrected chi connectivity index (χ1v) is 13.6. The molecule has 3 aromatic heterocycles. The molecule has 4 rings (SSSR count). The number of rotatable bonds is 10. The van der Waals surface area contributed by atoms with Gasteiger partial charge in [-0.2, -0.15) is 0 Å². The van der Waals surface area contributed by atoms with Crippen molar-refractivity contribution in [3.63, 3.8) is 0 Å². The van der Waals surface area contributed by atoms with Gasteiger partial charge in [-0.3, -0.25) is 9.55 Å². The van der Waals surface area contributed by atoms with E-state index in [9.17, 15) is 8.42 Å². The molecule has 11 nitrogen and oxygen atoms in total. The van der Waals surface area contributed by atoms with E-state index in [2.05, 4.69) is 25.1 Å². The highest BCUT2D eigenvalue weighted by Crippen LogP contribution is 2.37. The van der Waals surface area contributed by atoms with Crippen LogP contribution < -0.4 is 14.2 Å². The zero-order chi connectivity index (χ0) is 27.4. The molecule has 0 aliphatic rings. The quantitative estimate of drug-likeness (QED) is 0.295. The van der Waals surface area contributed by atoms with E-state index in [1.165, 1.54) is 21.3 Å². The lowest BCUT2D eigenvalue weighted by Gasteiger charge is -2.20. The number of ether oxygens (including phenoxy) is 3. The van der Waals surface area contributed by atoms with Gasteiger partial charge in [0.1, 0.15) is 34.5 Å². The molecule has 0 radical (unpaired) electrons. The van der Waals surface area contributed by atoms with Crippen LogP contribution in [0.25, 0.3) is 17.1 Å². The van der Waals surface area contributed by atoms with Crippen molar-refractivity contribution < 1.29 is 22.6 Å². The third kappa shape index (κ3) is 5.30. The normalized spacial score (nSPS) is 13.1. The fourth-order valence-electron chi connectivity index (χ4n) is 4.01. The van der Waals surface area contributed by atoms with Crippen LogP contribution in [0.3, 0.4) is 0 Å². The molecule has 4 aromatic rings. The molecule has 0 amide bonds. The number of methoxy groups -OCH3 is 3. The molecule has 1 aromatic carbocycles. The van der Waals surface area contributed by atoms with Gasteiger partial charge in [0.25, 0.3) is 0 Å². The van der Waals surface area contributed by atoms with Crippen LogP contribution in [-0.4, -0.2) is 64.7 Å². The summed E-state index contributed by atoms with van der Waals surface area (Å²) in [6.45, 7) is 5.33. The summed E-state index contributed by atoms with van der Waals surface area (Å²) in [6, 6.07) is 7.03. The van der Waals surface area contributed by atoms with Gasteiger partial charge >= 0.3 is 0 Å². The number of pyridine rings is 1. The SMILES string of the molecule is COc1cncc(-c2nnc(CS(=O)(=O)[C@@H](C)[C@H](C)c3ncc(C)cn3)n2-c2c(OC)cccc2OC)c1. The second-order valence-corrected chi connectivity index (χ2v) is 11.2. The molecule has 12 heteroatoms. The van der Waals surface area contributed by atoms with Crippen LogP contribution in [0, 0.1) is 6.92 Å². The summed E-state index contributed by atoms with van der Waals surface area (Å²) >= 11 is 0. The van der Waals surface area contributed by atoms with Crippen LogP contribution in [0.4, 0.5) is 0 Å². The van der Waals surface area contributed by atoms with E-state index in [0.717, 1.165) is 5.56 Å². The monoisotopic (exact) mass is 538 g/mol. The Morgan fingerprint density at radius 2 is 1.58 bits per heavy atom. The lowest BCUT2D eigenvalue weighted by Crippen LogP contribution is -2.27. The highest BCUT2D eigenvalue weighted by Gasteiger charge is 2.33. The summed E-state index contributed by atoms with van der Waals surface area (Å²) in [6.07, 6.45) is 6.52. The zero-order valence-electron chi connectivity index (χ0n) is 22.1. The van der Waals surface area contributed by atoms with E-state index < -0.39 is 26.8 Å². The first-order chi connectivity index (χ1) is 18.2. The number of sulfone groups is 1. The molecule has 200 valence electrons. The molecule has 38 heavy (non-hydrogen) atoms. The van der Waals surface area contributed by atoms with E-state index in [1.54, 1.807) is 67.5 Å². The summed E-state index contributed by atoms with van der Waals surface area (Å²) in [7, 11) is 0.837. The minimum absolute atomic E-state index is 0.189. The molecule has 2 atom stereocenters. The Morgan fingerprint density at radius 1 is 0.921 bits per heavy atom. The van der Waals surface area contributed by atoms with Crippen molar-refractivity contribution >= 4 is 9.84 Å². The molecular weight excluding hydrogens is 508 g/mol. The number of aromatic nitrogens is 6. The van der Waals surface area contributed by atoms with Gasteiger partial charge in [-0.1, -0.05) is 13.0 Å². The highest BCUT2D eigenvalue weighted by atomic mass is 32.2. The summed E-state index contributed by atoms with van der Waals surface area (Å²) in [4.78, 5) is 12.9. The molecule has 0 saturated heterocycles. The lowest BCUT2D eigenvalue weighted by atomic mass is 10.1. The van der Waals surface area contributed by atoms with E-state index in [1.807, 2.05) is 6.92 Å². The van der Waals surface area contributed by atoms with Crippen LogP contribution in [0.5, 0.6) is 17.2 Å². The van der Waals surface area contributed by atoms with Crippen LogP contribution >= 0.6 is 0 Å². The number of hydrogen-bond acceptors (Lipinski definition) is 10. The van der Waals surface area contributed by atoms with Crippen LogP contribution in [-0.2, 0) is 15.6 Å². The fourth-order valence-corrected chi connectivity index (χ4v) is 5.56. The number of nitrogens with zero attached hydrogens (tertiary/aromatic N) is 6. The van der Waals surface area contributed by atoms with Crippen molar-refractivity contribution in [1.82, 2.24) is 29.7 Å². The molecule has 0 unspecified atom stereocenters. The van der Waals surface area contributed by atoms with Gasteiger partial charge in [0.2, 0.25) is 0 Å². The summed E-state index contributed by atoms with van der Waals surface area (Å²) < 4.78 is 45.6. The van der Waals surface area contributed by atoms with Gasteiger partial charge in [0.05, 0.1) is 32.8 Å². The molecule has 0 spiro atoms. The Kier molecular flexibility index (Phi) is 7.91. The smallest absolute Gasteiger partial charge is 0.170 e. The van der Waals surface area contributed by atoms with Crippen molar-refractivity contribution in [3.8, 4) is 34.3 Å². The largest absolute Gasteiger partial charge is 0.495 e. The van der Waals surface area contributed by atoms with Gasteiger partial charge in [-0.15, -0.1) is 10.2 Å². The minimum atomic E-state index is -3.75. The Bertz CT molecular complexity index is 1500.